The van der Waals surface area contributed by atoms with Gasteiger partial charge >= 0.3 is 0 Å². The largest absolute Gasteiger partial charge is 0.398 e. The first-order chi connectivity index (χ1) is 9.06. The lowest BCUT2D eigenvalue weighted by atomic mass is 10.1. The molecular formula is C12H16N6O. The summed E-state index contributed by atoms with van der Waals surface area (Å²) < 4.78 is 1.66. The number of nitrogens with one attached hydrogen (secondary N) is 1. The minimum atomic E-state index is -0.535. The maximum Gasteiger partial charge on any atom is 0.250 e. The van der Waals surface area contributed by atoms with Crippen molar-refractivity contribution in [3.8, 4) is 0 Å². The number of carbonyl (C=O) groups excluding carboxylic acids is 1. The number of hydrogen-bond acceptors (Lipinski definition) is 5. The molecule has 0 aliphatic rings. The highest BCUT2D eigenvalue weighted by atomic mass is 16.1. The number of benzene rings is 1. The quantitative estimate of drug-likeness (QED) is 0.662. The molecule has 19 heavy (non-hydrogen) atoms. The monoisotopic (exact) mass is 260 g/mol. The summed E-state index contributed by atoms with van der Waals surface area (Å²) in [7, 11) is 1.82. The molecule has 0 fully saturated rings. The number of carbonyl (C=O) groups is 1. The van der Waals surface area contributed by atoms with Crippen molar-refractivity contribution in [1.29, 1.82) is 0 Å². The van der Waals surface area contributed by atoms with E-state index in [4.69, 9.17) is 11.5 Å². The number of nitrogens with two attached hydrogens (primary N) is 2. The van der Waals surface area contributed by atoms with Crippen LogP contribution in [0.25, 0.3) is 0 Å². The standard InChI is InChI=1S/C12H16N6O/c1-18-7-16-11(17-18)4-5-15-8-2-3-10(13)9(6-8)12(14)19/h2-3,6-7,15H,4-5,13H2,1H3,(H2,14,19). The fourth-order valence-electron chi connectivity index (χ4n) is 1.70. The van der Waals surface area contributed by atoms with Crippen LogP contribution in [0.2, 0.25) is 0 Å². The third-order valence-electron chi connectivity index (χ3n) is 2.64. The maximum absolute atomic E-state index is 11.2. The predicted octanol–water partition coefficient (Wildman–Crippen LogP) is 0.151. The second-order valence-electron chi connectivity index (χ2n) is 4.18. The van der Waals surface area contributed by atoms with Gasteiger partial charge in [0.25, 0.3) is 5.91 Å². The van der Waals surface area contributed by atoms with Gasteiger partial charge in [-0.15, -0.1) is 0 Å². The van der Waals surface area contributed by atoms with E-state index in [0.717, 1.165) is 11.5 Å². The van der Waals surface area contributed by atoms with E-state index < -0.39 is 5.91 Å². The molecule has 100 valence electrons. The Hall–Kier alpha value is -2.57. The Labute approximate surface area is 110 Å². The van der Waals surface area contributed by atoms with Crippen LogP contribution in [0.4, 0.5) is 11.4 Å². The van der Waals surface area contributed by atoms with E-state index >= 15 is 0 Å². The zero-order chi connectivity index (χ0) is 13.8. The summed E-state index contributed by atoms with van der Waals surface area (Å²) >= 11 is 0. The lowest BCUT2D eigenvalue weighted by Gasteiger charge is -2.08. The maximum atomic E-state index is 11.2. The Morgan fingerprint density at radius 2 is 2.26 bits per heavy atom. The molecule has 2 rings (SSSR count). The molecule has 5 N–H and O–H groups in total. The van der Waals surface area contributed by atoms with E-state index in [1.807, 2.05) is 7.05 Å². The van der Waals surface area contributed by atoms with Gasteiger partial charge in [0.2, 0.25) is 0 Å². The molecule has 0 atom stereocenters. The fourth-order valence-corrected chi connectivity index (χ4v) is 1.70. The third kappa shape index (κ3) is 3.21. The van der Waals surface area contributed by atoms with Crippen LogP contribution in [0.15, 0.2) is 24.5 Å². The molecule has 0 radical (unpaired) electrons. The average Bonchev–Trinajstić information content (AvgIpc) is 2.77. The summed E-state index contributed by atoms with van der Waals surface area (Å²) in [5, 5.41) is 7.35. The van der Waals surface area contributed by atoms with E-state index in [0.29, 0.717) is 24.2 Å². The molecule has 0 bridgehead atoms. The van der Waals surface area contributed by atoms with Crippen LogP contribution in [0, 0.1) is 0 Å². The first-order valence-electron chi connectivity index (χ1n) is 5.84. The zero-order valence-corrected chi connectivity index (χ0v) is 10.6. The lowest BCUT2D eigenvalue weighted by molar-refractivity contribution is 0.100. The normalized spacial score (nSPS) is 10.4. The first kappa shape index (κ1) is 12.9. The van der Waals surface area contributed by atoms with Crippen molar-refractivity contribution in [3.05, 3.63) is 35.9 Å². The topological polar surface area (TPSA) is 112 Å². The van der Waals surface area contributed by atoms with Crippen molar-refractivity contribution < 1.29 is 4.79 Å². The third-order valence-corrected chi connectivity index (χ3v) is 2.64. The molecule has 1 aromatic carbocycles. The molecule has 0 spiro atoms. The number of nitrogen functional groups attached to an aromatic ring is 1. The van der Waals surface area contributed by atoms with Crippen molar-refractivity contribution >= 4 is 17.3 Å². The fraction of sp³-hybridized carbons (Fsp3) is 0.250. The summed E-state index contributed by atoms with van der Waals surface area (Å²) in [4.78, 5) is 15.3. The molecule has 0 aliphatic heterocycles. The van der Waals surface area contributed by atoms with Gasteiger partial charge in [0.1, 0.15) is 6.33 Å². The summed E-state index contributed by atoms with van der Waals surface area (Å²) in [5.74, 6) is 0.230. The molecule has 0 saturated heterocycles. The smallest absolute Gasteiger partial charge is 0.250 e. The molecule has 1 heterocycles. The van der Waals surface area contributed by atoms with E-state index in [9.17, 15) is 4.79 Å². The van der Waals surface area contributed by atoms with Crippen LogP contribution in [0.5, 0.6) is 0 Å². The van der Waals surface area contributed by atoms with Crippen molar-refractivity contribution in [3.63, 3.8) is 0 Å². The first-order valence-corrected chi connectivity index (χ1v) is 5.84. The number of aryl methyl sites for hydroxylation is 1. The van der Waals surface area contributed by atoms with Crippen LogP contribution >= 0.6 is 0 Å². The Bertz CT molecular complexity index is 592. The lowest BCUT2D eigenvalue weighted by Crippen LogP contribution is -2.14. The van der Waals surface area contributed by atoms with Gasteiger partial charge in [-0.3, -0.25) is 9.48 Å². The van der Waals surface area contributed by atoms with E-state index in [-0.39, 0.29) is 0 Å². The van der Waals surface area contributed by atoms with Gasteiger partial charge in [-0.1, -0.05) is 0 Å². The summed E-state index contributed by atoms with van der Waals surface area (Å²) in [6, 6.07) is 5.10. The number of rotatable bonds is 5. The van der Waals surface area contributed by atoms with Crippen molar-refractivity contribution in [2.45, 2.75) is 6.42 Å². The molecule has 0 aliphatic carbocycles. The Balaban J connectivity index is 1.96. The second-order valence-corrected chi connectivity index (χ2v) is 4.18. The number of aromatic nitrogens is 3. The molecular weight excluding hydrogens is 244 g/mol. The van der Waals surface area contributed by atoms with E-state index in [1.165, 1.54) is 0 Å². The van der Waals surface area contributed by atoms with Crippen LogP contribution in [0.1, 0.15) is 16.2 Å². The average molecular weight is 260 g/mol. The molecule has 2 aromatic rings. The van der Waals surface area contributed by atoms with Crippen LogP contribution in [-0.4, -0.2) is 27.2 Å². The highest BCUT2D eigenvalue weighted by molar-refractivity contribution is 5.98. The van der Waals surface area contributed by atoms with Crippen molar-refractivity contribution in [1.82, 2.24) is 14.8 Å². The SMILES string of the molecule is Cn1cnc(CCNc2ccc(N)c(C(N)=O)c2)n1. The van der Waals surface area contributed by atoms with Crippen LogP contribution in [-0.2, 0) is 13.5 Å². The van der Waals surface area contributed by atoms with E-state index in [1.54, 1.807) is 29.2 Å². The van der Waals surface area contributed by atoms with Crippen LogP contribution < -0.4 is 16.8 Å². The van der Waals surface area contributed by atoms with E-state index in [2.05, 4.69) is 15.4 Å². The Kier molecular flexibility index (Phi) is 3.65. The van der Waals surface area contributed by atoms with Gasteiger partial charge < -0.3 is 16.8 Å². The summed E-state index contributed by atoms with van der Waals surface area (Å²) in [6.07, 6.45) is 2.35. The summed E-state index contributed by atoms with van der Waals surface area (Å²) in [5.41, 5.74) is 12.4. The highest BCUT2D eigenvalue weighted by Gasteiger charge is 2.06. The molecule has 0 unspecified atom stereocenters. The Morgan fingerprint density at radius 1 is 1.47 bits per heavy atom. The van der Waals surface area contributed by atoms with Crippen LogP contribution in [0.3, 0.4) is 0 Å². The molecule has 1 amide bonds. The van der Waals surface area contributed by atoms with Gasteiger partial charge in [-0.25, -0.2) is 4.98 Å². The minimum absolute atomic E-state index is 0.320. The number of nitrogens with zero attached hydrogens (tertiary/aromatic N) is 3. The summed E-state index contributed by atoms with van der Waals surface area (Å²) in [6.45, 7) is 0.659. The predicted molar refractivity (Wildman–Crippen MR) is 72.6 cm³/mol. The van der Waals surface area contributed by atoms with Crippen molar-refractivity contribution in [2.75, 3.05) is 17.6 Å². The molecule has 7 heteroatoms. The van der Waals surface area contributed by atoms with Gasteiger partial charge in [-0.2, -0.15) is 5.10 Å². The van der Waals surface area contributed by atoms with Crippen molar-refractivity contribution in [2.24, 2.45) is 12.8 Å². The number of amides is 1. The number of primary amides is 1. The minimum Gasteiger partial charge on any atom is -0.398 e. The van der Waals surface area contributed by atoms with Gasteiger partial charge in [0.15, 0.2) is 5.82 Å². The molecule has 1 aromatic heterocycles. The molecule has 0 saturated carbocycles. The molecule has 7 nitrogen and oxygen atoms in total. The highest BCUT2D eigenvalue weighted by Crippen LogP contribution is 2.17. The number of anilines is 2. The second kappa shape index (κ2) is 5.38. The van der Waals surface area contributed by atoms with Gasteiger partial charge in [0.05, 0.1) is 5.56 Å². The van der Waals surface area contributed by atoms with Gasteiger partial charge in [0, 0.05) is 31.4 Å². The van der Waals surface area contributed by atoms with Gasteiger partial charge in [-0.05, 0) is 18.2 Å². The zero-order valence-electron chi connectivity index (χ0n) is 10.6. The number of hydrogen-bond donors (Lipinski definition) is 3. The Morgan fingerprint density at radius 3 is 2.89 bits per heavy atom.